The van der Waals surface area contributed by atoms with E-state index in [1.54, 1.807) is 0 Å². The molecule has 100 valence electrons. The van der Waals surface area contributed by atoms with Gasteiger partial charge in [-0.15, -0.1) is 0 Å². The van der Waals surface area contributed by atoms with Crippen LogP contribution in [0, 0.1) is 0 Å². The Morgan fingerprint density at radius 2 is 1.11 bits per heavy atom. The number of nitrogens with one attached hydrogen (secondary N) is 2. The maximum atomic E-state index is 3.77. The first-order chi connectivity index (χ1) is 8.93. The van der Waals surface area contributed by atoms with Gasteiger partial charge < -0.3 is 0 Å². The van der Waals surface area contributed by atoms with E-state index in [1.807, 2.05) is 0 Å². The van der Waals surface area contributed by atoms with Crippen LogP contribution in [0.4, 0.5) is 0 Å². The third-order valence-corrected chi connectivity index (χ3v) is 5.50. The second-order valence-electron chi connectivity index (χ2n) is 6.17. The largest absolute Gasteiger partial charge is 0.298 e. The zero-order valence-corrected chi connectivity index (χ0v) is 10.8. The van der Waals surface area contributed by atoms with Gasteiger partial charge in [0.1, 0.15) is 0 Å². The topological polar surface area (TPSA) is 37.0 Å². The molecule has 0 aromatic carbocycles. The van der Waals surface area contributed by atoms with E-state index in [2.05, 4.69) is 30.2 Å². The lowest BCUT2D eigenvalue weighted by molar-refractivity contribution is -0.138. The molecule has 5 aliphatic rings. The second kappa shape index (κ2) is 3.65. The Morgan fingerprint density at radius 1 is 0.611 bits per heavy atom. The van der Waals surface area contributed by atoms with Crippen LogP contribution in [0.5, 0.6) is 0 Å². The maximum absolute atomic E-state index is 3.77. The van der Waals surface area contributed by atoms with Crippen LogP contribution in [0.25, 0.3) is 0 Å². The molecular formula is C12H22N6. The van der Waals surface area contributed by atoms with Gasteiger partial charge in [-0.2, -0.15) is 0 Å². The Hall–Kier alpha value is -0.240. The van der Waals surface area contributed by atoms with Crippen LogP contribution in [0.1, 0.15) is 0 Å². The minimum atomic E-state index is 0.549. The van der Waals surface area contributed by atoms with Crippen molar-refractivity contribution >= 4 is 0 Å². The summed E-state index contributed by atoms with van der Waals surface area (Å²) in [6.45, 7) is 9.70. The number of hydrogen-bond donors (Lipinski definition) is 2. The van der Waals surface area contributed by atoms with Crippen molar-refractivity contribution in [2.24, 2.45) is 0 Å². The molecule has 5 heterocycles. The summed E-state index contributed by atoms with van der Waals surface area (Å²) >= 11 is 0. The quantitative estimate of drug-likeness (QED) is 0.506. The van der Waals surface area contributed by atoms with Gasteiger partial charge in [0.15, 0.2) is 0 Å². The molecule has 4 atom stereocenters. The van der Waals surface area contributed by atoms with Crippen molar-refractivity contribution in [3.63, 3.8) is 0 Å². The fourth-order valence-electron chi connectivity index (χ4n) is 4.79. The molecule has 0 saturated carbocycles. The molecule has 0 bridgehead atoms. The highest BCUT2D eigenvalue weighted by molar-refractivity contribution is 5.08. The highest BCUT2D eigenvalue weighted by atomic mass is 15.6. The van der Waals surface area contributed by atoms with Crippen molar-refractivity contribution in [1.82, 2.24) is 30.2 Å². The monoisotopic (exact) mass is 250 g/mol. The van der Waals surface area contributed by atoms with Crippen LogP contribution in [0.15, 0.2) is 0 Å². The molecule has 0 aromatic rings. The third-order valence-electron chi connectivity index (χ3n) is 5.50. The van der Waals surface area contributed by atoms with Gasteiger partial charge >= 0.3 is 0 Å². The highest BCUT2D eigenvalue weighted by Gasteiger charge is 2.57. The first-order valence-corrected chi connectivity index (χ1v) is 7.40. The second-order valence-corrected chi connectivity index (χ2v) is 6.17. The molecule has 2 N–H and O–H groups in total. The summed E-state index contributed by atoms with van der Waals surface area (Å²) in [5.74, 6) is 0. The number of nitrogens with zero attached hydrogens (tertiary/aromatic N) is 4. The summed E-state index contributed by atoms with van der Waals surface area (Å²) in [7, 11) is 0. The Morgan fingerprint density at radius 3 is 1.61 bits per heavy atom. The number of hydrogen-bond acceptors (Lipinski definition) is 6. The van der Waals surface area contributed by atoms with Crippen molar-refractivity contribution in [1.29, 1.82) is 0 Å². The number of rotatable bonds is 0. The molecule has 0 radical (unpaired) electrons. The van der Waals surface area contributed by atoms with Gasteiger partial charge in [-0.25, -0.2) is 0 Å². The standard InChI is InChI=1S/C12H22N6/c1-3-15-5-7-18-10-12-16(4-2-14-10)6-8-17(12)9(13-1)11(15)18/h9-14H,1-8H2/t9-,10-,11+,12+/m0/s1. The molecule has 0 unspecified atom stereocenters. The van der Waals surface area contributed by atoms with E-state index < -0.39 is 0 Å². The van der Waals surface area contributed by atoms with E-state index in [1.165, 1.54) is 39.3 Å². The van der Waals surface area contributed by atoms with Crippen molar-refractivity contribution in [2.45, 2.75) is 24.7 Å². The fraction of sp³-hybridized carbons (Fsp3) is 1.00. The molecule has 18 heavy (non-hydrogen) atoms. The predicted octanol–water partition coefficient (Wildman–Crippen LogP) is -2.25. The van der Waals surface area contributed by atoms with Crippen molar-refractivity contribution in [3.8, 4) is 0 Å². The van der Waals surface area contributed by atoms with Gasteiger partial charge in [-0.05, 0) is 0 Å². The van der Waals surface area contributed by atoms with Crippen LogP contribution in [0.3, 0.4) is 0 Å². The molecule has 0 aromatic heterocycles. The molecule has 5 saturated heterocycles. The highest BCUT2D eigenvalue weighted by Crippen LogP contribution is 2.36. The summed E-state index contributed by atoms with van der Waals surface area (Å²) in [5.41, 5.74) is 0. The van der Waals surface area contributed by atoms with Crippen LogP contribution in [-0.4, -0.2) is 96.6 Å². The zero-order valence-electron chi connectivity index (χ0n) is 10.8. The Labute approximate surface area is 108 Å². The van der Waals surface area contributed by atoms with Gasteiger partial charge in [0.2, 0.25) is 0 Å². The minimum Gasteiger partial charge on any atom is -0.298 e. The molecule has 6 heteroatoms. The van der Waals surface area contributed by atoms with E-state index in [0.29, 0.717) is 24.7 Å². The van der Waals surface area contributed by atoms with E-state index in [0.717, 1.165) is 13.1 Å². The molecule has 0 aliphatic carbocycles. The molecular weight excluding hydrogens is 228 g/mol. The van der Waals surface area contributed by atoms with E-state index >= 15 is 0 Å². The summed E-state index contributed by atoms with van der Waals surface area (Å²) in [5, 5.41) is 7.54. The third kappa shape index (κ3) is 1.19. The summed E-state index contributed by atoms with van der Waals surface area (Å²) in [4.78, 5) is 10.8. The van der Waals surface area contributed by atoms with E-state index in [9.17, 15) is 0 Å². The fourth-order valence-corrected chi connectivity index (χ4v) is 4.79. The summed E-state index contributed by atoms with van der Waals surface area (Å²) in [6.07, 6.45) is 2.30. The van der Waals surface area contributed by atoms with Crippen LogP contribution >= 0.6 is 0 Å². The van der Waals surface area contributed by atoms with Gasteiger partial charge in [0.25, 0.3) is 0 Å². The van der Waals surface area contributed by atoms with Gasteiger partial charge in [-0.1, -0.05) is 0 Å². The number of fused-ring (bicyclic) bond motifs is 2. The zero-order chi connectivity index (χ0) is 11.7. The summed E-state index contributed by atoms with van der Waals surface area (Å²) < 4.78 is 0. The maximum Gasteiger partial charge on any atom is 0.0934 e. The van der Waals surface area contributed by atoms with Gasteiger partial charge in [-0.3, -0.25) is 30.2 Å². The molecule has 5 rings (SSSR count). The Bertz CT molecular complexity index is 328. The molecule has 0 spiro atoms. The lowest BCUT2D eigenvalue weighted by Crippen LogP contribution is -2.79. The van der Waals surface area contributed by atoms with Crippen LogP contribution in [-0.2, 0) is 0 Å². The normalized spacial score (nSPS) is 49.3. The first kappa shape index (κ1) is 10.5. The average Bonchev–Trinajstić information content (AvgIpc) is 3.01. The molecule has 5 aliphatic heterocycles. The SMILES string of the molecule is C1CN2CCN3[C@@H]4NCCN5CCN([C@H](N1)[C@H]23)[C@H]45. The predicted molar refractivity (Wildman–Crippen MR) is 67.7 cm³/mol. The van der Waals surface area contributed by atoms with Crippen molar-refractivity contribution in [2.75, 3.05) is 52.4 Å². The van der Waals surface area contributed by atoms with Crippen molar-refractivity contribution in [3.05, 3.63) is 0 Å². The molecule has 5 fully saturated rings. The molecule has 6 nitrogen and oxygen atoms in total. The minimum absolute atomic E-state index is 0.549. The Balaban J connectivity index is 1.57. The van der Waals surface area contributed by atoms with Crippen LogP contribution in [0.2, 0.25) is 0 Å². The van der Waals surface area contributed by atoms with Gasteiger partial charge in [0, 0.05) is 52.4 Å². The number of piperazine rings is 3. The van der Waals surface area contributed by atoms with Gasteiger partial charge in [0.05, 0.1) is 24.7 Å². The van der Waals surface area contributed by atoms with Crippen LogP contribution < -0.4 is 10.6 Å². The average molecular weight is 250 g/mol. The lowest BCUT2D eigenvalue weighted by atomic mass is 10.1. The lowest BCUT2D eigenvalue weighted by Gasteiger charge is -2.57. The molecule has 0 amide bonds. The smallest absolute Gasteiger partial charge is 0.0934 e. The summed E-state index contributed by atoms with van der Waals surface area (Å²) in [6, 6.07) is 0. The van der Waals surface area contributed by atoms with Crippen molar-refractivity contribution < 1.29 is 0 Å². The first-order valence-electron chi connectivity index (χ1n) is 7.40. The van der Waals surface area contributed by atoms with E-state index in [4.69, 9.17) is 0 Å². The Kier molecular flexibility index (Phi) is 2.14. The van der Waals surface area contributed by atoms with E-state index in [-0.39, 0.29) is 0 Å².